The van der Waals surface area contributed by atoms with E-state index in [1.54, 1.807) is 11.5 Å². The highest BCUT2D eigenvalue weighted by molar-refractivity contribution is 14.1. The van der Waals surface area contributed by atoms with Crippen molar-refractivity contribution in [2.24, 2.45) is 0 Å². The highest BCUT2D eigenvalue weighted by atomic mass is 127. The van der Waals surface area contributed by atoms with Crippen LogP contribution in [0.25, 0.3) is 10.9 Å². The molecule has 1 heterocycles. The number of esters is 1. The highest BCUT2D eigenvalue weighted by Crippen LogP contribution is 2.19. The Hall–Kier alpha value is -1.48. The predicted molar refractivity (Wildman–Crippen MR) is 95.4 cm³/mol. The van der Waals surface area contributed by atoms with Crippen molar-refractivity contribution in [3.63, 3.8) is 0 Å². The van der Waals surface area contributed by atoms with Gasteiger partial charge in [-0.2, -0.15) is 0 Å². The second-order valence-corrected chi connectivity index (χ2v) is 6.53. The Morgan fingerprint density at radius 3 is 2.70 bits per heavy atom. The Morgan fingerprint density at radius 1 is 1.39 bits per heavy atom. The van der Waals surface area contributed by atoms with Gasteiger partial charge in [0.25, 0.3) is 0 Å². The van der Waals surface area contributed by atoms with Crippen LogP contribution < -0.4 is 5.43 Å². The molecule has 1 aromatic carbocycles. The van der Waals surface area contributed by atoms with E-state index in [4.69, 9.17) is 4.74 Å². The minimum atomic E-state index is -0.655. The number of halogens is 2. The number of aromatic nitrogens is 1. The Morgan fingerprint density at radius 2 is 2.09 bits per heavy atom. The van der Waals surface area contributed by atoms with Gasteiger partial charge in [0.05, 0.1) is 12.1 Å². The largest absolute Gasteiger partial charge is 0.462 e. The number of benzene rings is 1. The number of carbonyl (C=O) groups is 1. The quantitative estimate of drug-likeness (QED) is 0.539. The molecule has 2 rings (SSSR count). The van der Waals surface area contributed by atoms with Crippen LogP contribution in [0.15, 0.2) is 23.1 Å². The molecule has 124 valence electrons. The number of likely N-dealkylation sites (N-methyl/N-ethyl adjacent to an activating group) is 1. The third kappa shape index (κ3) is 3.89. The minimum Gasteiger partial charge on any atom is -0.462 e. The van der Waals surface area contributed by atoms with E-state index in [1.165, 1.54) is 18.3 Å². The summed E-state index contributed by atoms with van der Waals surface area (Å²) >= 11 is 1.83. The Kier molecular flexibility index (Phi) is 5.74. The Bertz CT molecular complexity index is 802. The molecule has 0 saturated carbocycles. The van der Waals surface area contributed by atoms with Gasteiger partial charge in [0, 0.05) is 28.2 Å². The number of hydrogen-bond donors (Lipinski definition) is 0. The van der Waals surface area contributed by atoms with Crippen molar-refractivity contribution < 1.29 is 13.9 Å². The second kappa shape index (κ2) is 7.39. The molecule has 0 spiro atoms. The lowest BCUT2D eigenvalue weighted by Gasteiger charge is -2.16. The van der Waals surface area contributed by atoms with Crippen molar-refractivity contribution in [3.05, 3.63) is 43.5 Å². The molecule has 0 fully saturated rings. The fraction of sp³-hybridized carbons (Fsp3) is 0.375. The SMILES string of the molecule is CCOC(=O)c1cn(CCN(C)C)c2cc(F)c(I)cc2c1=O. The van der Waals surface area contributed by atoms with Crippen molar-refractivity contribution in [3.8, 4) is 0 Å². The molecule has 2 aromatic rings. The monoisotopic (exact) mass is 432 g/mol. The van der Waals surface area contributed by atoms with E-state index >= 15 is 0 Å². The topological polar surface area (TPSA) is 51.5 Å². The summed E-state index contributed by atoms with van der Waals surface area (Å²) in [7, 11) is 3.83. The van der Waals surface area contributed by atoms with Gasteiger partial charge < -0.3 is 14.2 Å². The van der Waals surface area contributed by atoms with Crippen molar-refractivity contribution in [2.45, 2.75) is 13.5 Å². The summed E-state index contributed by atoms with van der Waals surface area (Å²) in [4.78, 5) is 26.5. The van der Waals surface area contributed by atoms with Crippen LogP contribution in [-0.2, 0) is 11.3 Å². The van der Waals surface area contributed by atoms with E-state index in [1.807, 2.05) is 41.6 Å². The van der Waals surface area contributed by atoms with Gasteiger partial charge in [-0.15, -0.1) is 0 Å². The summed E-state index contributed by atoms with van der Waals surface area (Å²) in [6.45, 7) is 3.08. The first-order chi connectivity index (χ1) is 10.8. The van der Waals surface area contributed by atoms with Crippen LogP contribution in [0.5, 0.6) is 0 Å². The molecule has 0 N–H and O–H groups in total. The number of nitrogens with zero attached hydrogens (tertiary/aromatic N) is 2. The van der Waals surface area contributed by atoms with Gasteiger partial charge >= 0.3 is 5.97 Å². The number of hydrogen-bond acceptors (Lipinski definition) is 4. The summed E-state index contributed by atoms with van der Waals surface area (Å²) in [5.74, 6) is -1.04. The number of carbonyl (C=O) groups excluding carboxylic acids is 1. The Balaban J connectivity index is 2.69. The third-order valence-corrected chi connectivity index (χ3v) is 4.23. The zero-order chi connectivity index (χ0) is 17.1. The van der Waals surface area contributed by atoms with Gasteiger partial charge in [-0.05, 0) is 55.7 Å². The molecule has 0 aliphatic rings. The molecule has 0 unspecified atom stereocenters. The normalized spacial score (nSPS) is 11.2. The molecule has 0 amide bonds. The summed E-state index contributed by atoms with van der Waals surface area (Å²) in [6.07, 6.45) is 1.46. The molecule has 0 bridgehead atoms. The van der Waals surface area contributed by atoms with Gasteiger partial charge in [-0.3, -0.25) is 4.79 Å². The van der Waals surface area contributed by atoms with Crippen LogP contribution in [0.2, 0.25) is 0 Å². The molecule has 0 aliphatic heterocycles. The van der Waals surface area contributed by atoms with E-state index < -0.39 is 11.4 Å². The maximum Gasteiger partial charge on any atom is 0.343 e. The molecule has 0 radical (unpaired) electrons. The minimum absolute atomic E-state index is 0.0273. The van der Waals surface area contributed by atoms with Gasteiger partial charge in [0.2, 0.25) is 5.43 Å². The number of pyridine rings is 1. The van der Waals surface area contributed by atoms with Gasteiger partial charge in [-0.25, -0.2) is 9.18 Å². The maximum atomic E-state index is 13.9. The lowest BCUT2D eigenvalue weighted by molar-refractivity contribution is 0.0524. The third-order valence-electron chi connectivity index (χ3n) is 3.41. The van der Waals surface area contributed by atoms with Crippen molar-refractivity contribution in [1.82, 2.24) is 9.47 Å². The fourth-order valence-electron chi connectivity index (χ4n) is 2.23. The van der Waals surface area contributed by atoms with Crippen LogP contribution in [0.4, 0.5) is 4.39 Å². The molecule has 23 heavy (non-hydrogen) atoms. The Labute approximate surface area is 147 Å². The van der Waals surface area contributed by atoms with Crippen molar-refractivity contribution in [1.29, 1.82) is 0 Å². The van der Waals surface area contributed by atoms with E-state index in [0.29, 0.717) is 27.6 Å². The van der Waals surface area contributed by atoms with Crippen LogP contribution in [-0.4, -0.2) is 42.7 Å². The summed E-state index contributed by atoms with van der Waals surface area (Å²) < 4.78 is 20.9. The smallest absolute Gasteiger partial charge is 0.343 e. The average molecular weight is 432 g/mol. The number of ether oxygens (including phenoxy) is 1. The van der Waals surface area contributed by atoms with Crippen LogP contribution in [0.3, 0.4) is 0 Å². The first kappa shape index (κ1) is 17.9. The summed E-state index contributed by atoms with van der Waals surface area (Å²) in [5.41, 5.74) is 0.0146. The molecular formula is C16H18FIN2O3. The number of fused-ring (bicyclic) bond motifs is 1. The van der Waals surface area contributed by atoms with Crippen molar-refractivity contribution in [2.75, 3.05) is 27.2 Å². The highest BCUT2D eigenvalue weighted by Gasteiger charge is 2.18. The van der Waals surface area contributed by atoms with Crippen LogP contribution >= 0.6 is 22.6 Å². The fourth-order valence-corrected chi connectivity index (χ4v) is 2.70. The van der Waals surface area contributed by atoms with E-state index in [0.717, 1.165) is 0 Å². The molecule has 1 aromatic heterocycles. The van der Waals surface area contributed by atoms with Gasteiger partial charge in [-0.1, -0.05) is 0 Å². The summed E-state index contributed by atoms with van der Waals surface area (Å²) in [5, 5.41) is 0.320. The van der Waals surface area contributed by atoms with Gasteiger partial charge in [0.15, 0.2) is 0 Å². The molecule has 0 aliphatic carbocycles. The van der Waals surface area contributed by atoms with Crippen LogP contribution in [0.1, 0.15) is 17.3 Å². The second-order valence-electron chi connectivity index (χ2n) is 5.37. The zero-order valence-electron chi connectivity index (χ0n) is 13.2. The lowest BCUT2D eigenvalue weighted by atomic mass is 10.1. The zero-order valence-corrected chi connectivity index (χ0v) is 15.4. The first-order valence-electron chi connectivity index (χ1n) is 7.19. The summed E-state index contributed by atoms with van der Waals surface area (Å²) in [6, 6.07) is 2.81. The maximum absolute atomic E-state index is 13.9. The average Bonchev–Trinajstić information content (AvgIpc) is 2.48. The van der Waals surface area contributed by atoms with Crippen molar-refractivity contribution >= 4 is 39.5 Å². The number of rotatable bonds is 5. The predicted octanol–water partition coefficient (Wildman–Crippen LogP) is 2.48. The molecule has 5 nitrogen and oxygen atoms in total. The molecule has 0 atom stereocenters. The van der Waals surface area contributed by atoms with Crippen LogP contribution in [0, 0.1) is 9.39 Å². The molecule has 7 heteroatoms. The van der Waals surface area contributed by atoms with E-state index in [-0.39, 0.29) is 18.0 Å². The lowest BCUT2D eigenvalue weighted by Crippen LogP contribution is -2.24. The first-order valence-corrected chi connectivity index (χ1v) is 8.27. The molecular weight excluding hydrogens is 414 g/mol. The van der Waals surface area contributed by atoms with E-state index in [2.05, 4.69) is 0 Å². The standard InChI is InChI=1S/C16H18FIN2O3/c1-4-23-16(22)11-9-20(6-5-19(2)3)14-8-12(17)13(18)7-10(14)15(11)21/h7-9H,4-6H2,1-3H3. The van der Waals surface area contributed by atoms with Gasteiger partial charge in [0.1, 0.15) is 11.4 Å². The van der Waals surface area contributed by atoms with E-state index in [9.17, 15) is 14.0 Å². The molecule has 0 saturated heterocycles.